The van der Waals surface area contributed by atoms with Crippen LogP contribution in [-0.2, 0) is 4.79 Å². The van der Waals surface area contributed by atoms with E-state index in [0.717, 1.165) is 25.6 Å². The average Bonchev–Trinajstić information content (AvgIpc) is 2.25. The van der Waals surface area contributed by atoms with Crippen molar-refractivity contribution in [1.29, 1.82) is 0 Å². The van der Waals surface area contributed by atoms with E-state index in [9.17, 15) is 4.79 Å². The van der Waals surface area contributed by atoms with Gasteiger partial charge < -0.3 is 10.6 Å². The van der Waals surface area contributed by atoms with Gasteiger partial charge in [-0.25, -0.2) is 0 Å². The highest BCUT2D eigenvalue weighted by atomic mass is 16.2. The van der Waals surface area contributed by atoms with Crippen molar-refractivity contribution in [3.63, 3.8) is 0 Å². The van der Waals surface area contributed by atoms with Gasteiger partial charge in [-0.05, 0) is 43.6 Å². The summed E-state index contributed by atoms with van der Waals surface area (Å²) in [6.45, 7) is 4.74. The molecule has 1 spiro atoms. The Morgan fingerprint density at radius 1 is 1.40 bits per heavy atom. The molecule has 0 radical (unpaired) electrons. The Hall–Kier alpha value is -0.570. The zero-order valence-corrected chi connectivity index (χ0v) is 9.67. The molecule has 2 fully saturated rings. The molecule has 1 aliphatic carbocycles. The van der Waals surface area contributed by atoms with Crippen LogP contribution in [0.25, 0.3) is 0 Å². The molecular weight excluding hydrogens is 188 g/mol. The molecule has 0 aromatic carbocycles. The minimum Gasteiger partial charge on any atom is -0.343 e. The van der Waals surface area contributed by atoms with Gasteiger partial charge in [-0.15, -0.1) is 0 Å². The lowest BCUT2D eigenvalue weighted by Gasteiger charge is -2.52. The maximum Gasteiger partial charge on any atom is 0.222 e. The maximum absolute atomic E-state index is 11.5. The summed E-state index contributed by atoms with van der Waals surface area (Å²) in [6.07, 6.45) is 5.66. The van der Waals surface area contributed by atoms with Crippen molar-refractivity contribution in [1.82, 2.24) is 4.90 Å². The summed E-state index contributed by atoms with van der Waals surface area (Å²) in [7, 11) is 0. The van der Waals surface area contributed by atoms with Gasteiger partial charge in [0.2, 0.25) is 5.91 Å². The molecule has 3 heteroatoms. The molecule has 2 rings (SSSR count). The largest absolute Gasteiger partial charge is 0.343 e. The fourth-order valence-corrected chi connectivity index (χ4v) is 3.19. The lowest BCUT2D eigenvalue weighted by molar-refractivity contribution is -0.135. The fraction of sp³-hybridized carbons (Fsp3) is 0.917. The highest BCUT2D eigenvalue weighted by Crippen LogP contribution is 2.52. The Balaban J connectivity index is 1.80. The molecule has 0 unspecified atom stereocenters. The molecule has 3 nitrogen and oxygen atoms in total. The Kier molecular flexibility index (Phi) is 3.01. The maximum atomic E-state index is 11.5. The summed E-state index contributed by atoms with van der Waals surface area (Å²) in [5.74, 6) is 1.08. The van der Waals surface area contributed by atoms with E-state index in [4.69, 9.17) is 5.73 Å². The van der Waals surface area contributed by atoms with Crippen LogP contribution in [0.4, 0.5) is 0 Å². The fourth-order valence-electron chi connectivity index (χ4n) is 3.19. The third kappa shape index (κ3) is 2.03. The molecule has 1 saturated carbocycles. The van der Waals surface area contributed by atoms with E-state index in [2.05, 4.69) is 0 Å². The molecule has 0 bridgehead atoms. The summed E-state index contributed by atoms with van der Waals surface area (Å²) in [4.78, 5) is 13.5. The molecular formula is C12H22N2O. The Morgan fingerprint density at radius 3 is 2.47 bits per heavy atom. The van der Waals surface area contributed by atoms with Crippen LogP contribution in [0, 0.1) is 11.3 Å². The van der Waals surface area contributed by atoms with Crippen molar-refractivity contribution in [2.45, 2.75) is 39.0 Å². The quantitative estimate of drug-likeness (QED) is 0.748. The minimum atomic E-state index is 0.319. The molecule has 15 heavy (non-hydrogen) atoms. The van der Waals surface area contributed by atoms with Gasteiger partial charge in [0.15, 0.2) is 0 Å². The highest BCUT2D eigenvalue weighted by Gasteiger charge is 2.45. The summed E-state index contributed by atoms with van der Waals surface area (Å²) in [6, 6.07) is 0. The topological polar surface area (TPSA) is 46.3 Å². The van der Waals surface area contributed by atoms with Crippen LogP contribution in [0.2, 0.25) is 0 Å². The van der Waals surface area contributed by atoms with Crippen LogP contribution in [0.5, 0.6) is 0 Å². The smallest absolute Gasteiger partial charge is 0.222 e. The molecule has 1 aliphatic heterocycles. The average molecular weight is 210 g/mol. The van der Waals surface area contributed by atoms with Crippen molar-refractivity contribution in [3.8, 4) is 0 Å². The molecule has 86 valence electrons. The zero-order valence-electron chi connectivity index (χ0n) is 9.67. The summed E-state index contributed by atoms with van der Waals surface area (Å²) in [5, 5.41) is 0. The van der Waals surface area contributed by atoms with Gasteiger partial charge in [-0.3, -0.25) is 4.79 Å². The van der Waals surface area contributed by atoms with Gasteiger partial charge in [-0.1, -0.05) is 6.92 Å². The normalized spacial score (nSPS) is 25.3. The lowest BCUT2D eigenvalue weighted by Crippen LogP contribution is -2.49. The first-order valence-electron chi connectivity index (χ1n) is 6.17. The van der Waals surface area contributed by atoms with E-state index in [-0.39, 0.29) is 0 Å². The molecule has 2 N–H and O–H groups in total. The van der Waals surface area contributed by atoms with E-state index >= 15 is 0 Å². The van der Waals surface area contributed by atoms with Crippen molar-refractivity contribution < 1.29 is 4.79 Å². The van der Waals surface area contributed by atoms with Crippen LogP contribution < -0.4 is 5.73 Å². The number of hydrogen-bond donors (Lipinski definition) is 1. The first kappa shape index (κ1) is 10.9. The Bertz CT molecular complexity index is 236. The number of hydrogen-bond acceptors (Lipinski definition) is 2. The van der Waals surface area contributed by atoms with Gasteiger partial charge in [0, 0.05) is 19.5 Å². The number of piperidine rings is 1. The molecule has 2 aliphatic rings. The second-order valence-corrected chi connectivity index (χ2v) is 5.24. The standard InChI is InChI=1S/C12H22N2O/c1-2-11(15)14-5-3-12(4-6-14)7-10(8-12)9-13/h10H,2-9,13H2,1H3. The minimum absolute atomic E-state index is 0.319. The number of carbonyl (C=O) groups excluding carboxylic acids is 1. The number of likely N-dealkylation sites (tertiary alicyclic amines) is 1. The second-order valence-electron chi connectivity index (χ2n) is 5.24. The third-order valence-electron chi connectivity index (χ3n) is 4.26. The number of amides is 1. The first-order chi connectivity index (χ1) is 7.19. The van der Waals surface area contributed by atoms with E-state index in [0.29, 0.717) is 17.7 Å². The molecule has 1 saturated heterocycles. The van der Waals surface area contributed by atoms with Gasteiger partial charge in [-0.2, -0.15) is 0 Å². The van der Waals surface area contributed by atoms with Crippen LogP contribution in [0.3, 0.4) is 0 Å². The van der Waals surface area contributed by atoms with E-state index in [1.165, 1.54) is 25.7 Å². The highest BCUT2D eigenvalue weighted by molar-refractivity contribution is 5.75. The van der Waals surface area contributed by atoms with Crippen molar-refractivity contribution in [3.05, 3.63) is 0 Å². The molecule has 0 aromatic heterocycles. The molecule has 1 amide bonds. The first-order valence-corrected chi connectivity index (χ1v) is 6.17. The van der Waals surface area contributed by atoms with E-state index in [1.807, 2.05) is 11.8 Å². The summed E-state index contributed by atoms with van der Waals surface area (Å²) >= 11 is 0. The summed E-state index contributed by atoms with van der Waals surface area (Å²) < 4.78 is 0. The monoisotopic (exact) mass is 210 g/mol. The molecule has 1 heterocycles. The third-order valence-corrected chi connectivity index (χ3v) is 4.26. The summed E-state index contributed by atoms with van der Waals surface area (Å²) in [5.41, 5.74) is 6.22. The van der Waals surface area contributed by atoms with Gasteiger partial charge in [0.05, 0.1) is 0 Å². The van der Waals surface area contributed by atoms with Crippen LogP contribution in [0.15, 0.2) is 0 Å². The van der Waals surface area contributed by atoms with Gasteiger partial charge in [0.1, 0.15) is 0 Å². The van der Waals surface area contributed by atoms with Crippen LogP contribution in [0.1, 0.15) is 39.0 Å². The lowest BCUT2D eigenvalue weighted by atomic mass is 9.57. The number of rotatable bonds is 2. The predicted molar refractivity (Wildman–Crippen MR) is 60.3 cm³/mol. The van der Waals surface area contributed by atoms with Gasteiger partial charge >= 0.3 is 0 Å². The number of nitrogens with two attached hydrogens (primary N) is 1. The molecule has 0 atom stereocenters. The van der Waals surface area contributed by atoms with Crippen molar-refractivity contribution in [2.24, 2.45) is 17.1 Å². The van der Waals surface area contributed by atoms with E-state index < -0.39 is 0 Å². The van der Waals surface area contributed by atoms with E-state index in [1.54, 1.807) is 0 Å². The molecule has 0 aromatic rings. The number of carbonyl (C=O) groups is 1. The second kappa shape index (κ2) is 4.12. The SMILES string of the molecule is CCC(=O)N1CCC2(CC1)CC(CN)C2. The van der Waals surface area contributed by atoms with Crippen molar-refractivity contribution in [2.75, 3.05) is 19.6 Å². The predicted octanol–water partition coefficient (Wildman–Crippen LogP) is 1.37. The number of nitrogens with zero attached hydrogens (tertiary/aromatic N) is 1. The van der Waals surface area contributed by atoms with Gasteiger partial charge in [0.25, 0.3) is 0 Å². The Morgan fingerprint density at radius 2 is 2.00 bits per heavy atom. The zero-order chi connectivity index (χ0) is 10.9. The van der Waals surface area contributed by atoms with Crippen LogP contribution >= 0.6 is 0 Å². The Labute approximate surface area is 92.0 Å². The van der Waals surface area contributed by atoms with Crippen molar-refractivity contribution >= 4 is 5.91 Å². The van der Waals surface area contributed by atoms with Crippen LogP contribution in [-0.4, -0.2) is 30.4 Å².